The third kappa shape index (κ3) is 2.40. The Kier molecular flexibility index (Phi) is 5.36. The number of hydrogen-bond donors (Lipinski definition) is 5. The van der Waals surface area contributed by atoms with Gasteiger partial charge in [-0.05, 0) is 6.42 Å². The normalized spacial score (nSPS) is 14.8. The summed E-state index contributed by atoms with van der Waals surface area (Å²) in [7, 11) is 0. The van der Waals surface area contributed by atoms with Crippen molar-refractivity contribution in [1.29, 1.82) is 0 Å². The monoisotopic (exact) mass is 180 g/mol. The lowest BCUT2D eigenvalue weighted by molar-refractivity contribution is -0.0894. The highest BCUT2D eigenvalue weighted by Gasteiger charge is 2.35. The Balaban J connectivity index is 4.24. The first-order valence-electron chi connectivity index (χ1n) is 3.78. The van der Waals surface area contributed by atoms with Gasteiger partial charge in [0.05, 0.1) is 31.3 Å². The first-order chi connectivity index (χ1) is 5.66. The van der Waals surface area contributed by atoms with E-state index in [9.17, 15) is 5.11 Å². The third-order valence-corrected chi connectivity index (χ3v) is 2.05. The smallest absolute Gasteiger partial charge is 0.0684 e. The van der Waals surface area contributed by atoms with Crippen molar-refractivity contribution in [1.82, 2.24) is 0 Å². The van der Waals surface area contributed by atoms with Gasteiger partial charge in [-0.3, -0.25) is 0 Å². The van der Waals surface area contributed by atoms with E-state index < -0.39 is 31.3 Å². The van der Waals surface area contributed by atoms with Crippen molar-refractivity contribution in [3.8, 4) is 0 Å². The maximum Gasteiger partial charge on any atom is 0.0684 e. The Labute approximate surface area is 70.9 Å². The van der Waals surface area contributed by atoms with Gasteiger partial charge in [-0.2, -0.15) is 0 Å². The van der Waals surface area contributed by atoms with Crippen molar-refractivity contribution < 1.29 is 25.5 Å². The van der Waals surface area contributed by atoms with Crippen LogP contribution in [0.3, 0.4) is 0 Å². The summed E-state index contributed by atoms with van der Waals surface area (Å²) in [5.41, 5.74) is -1.30. The molecule has 1 unspecified atom stereocenters. The lowest BCUT2D eigenvalue weighted by Crippen LogP contribution is -2.45. The van der Waals surface area contributed by atoms with Crippen LogP contribution in [0.4, 0.5) is 0 Å². The van der Waals surface area contributed by atoms with Gasteiger partial charge < -0.3 is 25.5 Å². The molecule has 0 saturated heterocycles. The molecule has 0 aromatic rings. The van der Waals surface area contributed by atoms with Crippen LogP contribution in [0.25, 0.3) is 0 Å². The minimum Gasteiger partial charge on any atom is -0.396 e. The van der Waals surface area contributed by atoms with Crippen molar-refractivity contribution in [2.45, 2.75) is 12.5 Å². The lowest BCUT2D eigenvalue weighted by Gasteiger charge is -2.32. The molecule has 0 aliphatic rings. The number of rotatable bonds is 6. The Bertz CT molecular complexity index is 104. The molecule has 0 heterocycles. The molecule has 0 amide bonds. The zero-order chi connectivity index (χ0) is 9.61. The van der Waals surface area contributed by atoms with Gasteiger partial charge in [-0.1, -0.05) is 0 Å². The molecule has 12 heavy (non-hydrogen) atoms. The summed E-state index contributed by atoms with van der Waals surface area (Å²) in [5.74, 6) is 0. The number of aliphatic hydroxyl groups is 5. The molecule has 0 rings (SSSR count). The molecular weight excluding hydrogens is 164 g/mol. The summed E-state index contributed by atoms with van der Waals surface area (Å²) in [6.45, 7) is -1.79. The van der Waals surface area contributed by atoms with Gasteiger partial charge in [-0.25, -0.2) is 0 Å². The zero-order valence-electron chi connectivity index (χ0n) is 6.85. The maximum absolute atomic E-state index is 9.32. The predicted octanol–water partition coefficient (Wildman–Crippen LogP) is -2.31. The van der Waals surface area contributed by atoms with Crippen LogP contribution in [0.2, 0.25) is 0 Å². The Morgan fingerprint density at radius 3 is 1.58 bits per heavy atom. The van der Waals surface area contributed by atoms with Crippen molar-refractivity contribution >= 4 is 0 Å². The molecule has 0 saturated carbocycles. The van der Waals surface area contributed by atoms with Gasteiger partial charge in [0.2, 0.25) is 0 Å². The van der Waals surface area contributed by atoms with E-state index in [2.05, 4.69) is 0 Å². The quantitative estimate of drug-likeness (QED) is 0.316. The fourth-order valence-electron chi connectivity index (χ4n) is 0.895. The van der Waals surface area contributed by atoms with E-state index >= 15 is 0 Å². The molecule has 1 atom stereocenters. The first kappa shape index (κ1) is 11.8. The highest BCUT2D eigenvalue weighted by Crippen LogP contribution is 2.22. The minimum atomic E-state index is -1.30. The first-order valence-corrected chi connectivity index (χ1v) is 3.78. The molecule has 0 radical (unpaired) electrons. The average Bonchev–Trinajstić information content (AvgIpc) is 2.09. The molecule has 0 bridgehead atoms. The van der Waals surface area contributed by atoms with E-state index in [-0.39, 0.29) is 13.0 Å². The van der Waals surface area contributed by atoms with Crippen molar-refractivity contribution in [2.24, 2.45) is 5.41 Å². The van der Waals surface area contributed by atoms with Crippen molar-refractivity contribution in [2.75, 3.05) is 26.4 Å². The average molecular weight is 180 g/mol. The summed E-state index contributed by atoms with van der Waals surface area (Å²) in [5, 5.41) is 44.2. The largest absolute Gasteiger partial charge is 0.396 e. The number of aliphatic hydroxyl groups excluding tert-OH is 5. The van der Waals surface area contributed by atoms with Crippen LogP contribution in [-0.2, 0) is 0 Å². The predicted molar refractivity (Wildman–Crippen MR) is 41.4 cm³/mol. The molecule has 0 aliphatic carbocycles. The van der Waals surface area contributed by atoms with Crippen LogP contribution >= 0.6 is 0 Å². The molecule has 0 fully saturated rings. The van der Waals surface area contributed by atoms with E-state index in [0.717, 1.165) is 0 Å². The Hall–Kier alpha value is -0.200. The lowest BCUT2D eigenvalue weighted by atomic mass is 9.83. The highest BCUT2D eigenvalue weighted by molar-refractivity contribution is 4.84. The molecule has 5 N–H and O–H groups in total. The molecule has 0 aromatic carbocycles. The van der Waals surface area contributed by atoms with Crippen molar-refractivity contribution in [3.05, 3.63) is 0 Å². The molecule has 5 heteroatoms. The molecular formula is C7H16O5. The fraction of sp³-hybridized carbons (Fsp3) is 1.00. The Morgan fingerprint density at radius 1 is 0.917 bits per heavy atom. The zero-order valence-corrected chi connectivity index (χ0v) is 6.85. The SMILES string of the molecule is OCCC(O)C(CO)(CO)CO. The minimum absolute atomic E-state index is 0.0294. The van der Waals surface area contributed by atoms with Gasteiger partial charge in [0.25, 0.3) is 0 Å². The summed E-state index contributed by atoms with van der Waals surface area (Å²) in [4.78, 5) is 0. The van der Waals surface area contributed by atoms with E-state index in [1.54, 1.807) is 0 Å². The summed E-state index contributed by atoms with van der Waals surface area (Å²) >= 11 is 0. The van der Waals surface area contributed by atoms with Gasteiger partial charge in [-0.15, -0.1) is 0 Å². The fourth-order valence-corrected chi connectivity index (χ4v) is 0.895. The molecule has 5 nitrogen and oxygen atoms in total. The molecule has 74 valence electrons. The molecule has 0 aliphatic heterocycles. The Morgan fingerprint density at radius 2 is 1.33 bits per heavy atom. The maximum atomic E-state index is 9.32. The molecule has 0 aromatic heterocycles. The second-order valence-corrected chi connectivity index (χ2v) is 2.86. The third-order valence-electron chi connectivity index (χ3n) is 2.05. The summed E-state index contributed by atoms with van der Waals surface area (Å²) in [6.07, 6.45) is -1.07. The topological polar surface area (TPSA) is 101 Å². The highest BCUT2D eigenvalue weighted by atomic mass is 16.3. The van der Waals surface area contributed by atoms with E-state index in [1.165, 1.54) is 0 Å². The summed E-state index contributed by atoms with van der Waals surface area (Å²) < 4.78 is 0. The standard InChI is InChI=1S/C7H16O5/c8-2-1-6(12)7(3-9,4-10)5-11/h6,8-12H,1-5H2. The van der Waals surface area contributed by atoms with Gasteiger partial charge >= 0.3 is 0 Å². The van der Waals surface area contributed by atoms with Crippen molar-refractivity contribution in [3.63, 3.8) is 0 Å². The van der Waals surface area contributed by atoms with Gasteiger partial charge in [0.15, 0.2) is 0 Å². The second-order valence-electron chi connectivity index (χ2n) is 2.86. The van der Waals surface area contributed by atoms with Gasteiger partial charge in [0.1, 0.15) is 0 Å². The van der Waals surface area contributed by atoms with E-state index in [0.29, 0.717) is 0 Å². The van der Waals surface area contributed by atoms with E-state index in [1.807, 2.05) is 0 Å². The van der Waals surface area contributed by atoms with Crippen LogP contribution in [0.1, 0.15) is 6.42 Å². The van der Waals surface area contributed by atoms with Crippen LogP contribution in [0, 0.1) is 5.41 Å². The number of hydrogen-bond acceptors (Lipinski definition) is 5. The van der Waals surface area contributed by atoms with Crippen LogP contribution < -0.4 is 0 Å². The molecule has 0 spiro atoms. The van der Waals surface area contributed by atoms with Crippen LogP contribution in [0.15, 0.2) is 0 Å². The van der Waals surface area contributed by atoms with Gasteiger partial charge in [0, 0.05) is 6.61 Å². The second kappa shape index (κ2) is 5.45. The van der Waals surface area contributed by atoms with E-state index in [4.69, 9.17) is 20.4 Å². The summed E-state index contributed by atoms with van der Waals surface area (Å²) in [6, 6.07) is 0. The van der Waals surface area contributed by atoms with Crippen LogP contribution in [-0.4, -0.2) is 58.1 Å². The van der Waals surface area contributed by atoms with Crippen LogP contribution in [0.5, 0.6) is 0 Å².